The second-order valence-electron chi connectivity index (χ2n) is 1.68. The SMILES string of the molecule is F[As-](F)(F)(F)(F)[O+]=c1[n-][s+]ns1. The average molecular weight is 290 g/mol. The third kappa shape index (κ3) is 4.07. The first-order chi connectivity index (χ1) is 5.05. The van der Waals surface area contributed by atoms with Crippen molar-refractivity contribution in [1.82, 2.24) is 8.14 Å². The van der Waals surface area contributed by atoms with E-state index in [1.165, 1.54) is 0 Å². The molecule has 0 aromatic carbocycles. The van der Waals surface area contributed by atoms with E-state index in [0.29, 0.717) is 11.7 Å². The molecule has 0 N–H and O–H groups in total. The van der Waals surface area contributed by atoms with Gasteiger partial charge in [-0.15, -0.1) is 0 Å². The van der Waals surface area contributed by atoms with Crippen molar-refractivity contribution in [1.29, 1.82) is 0 Å². The van der Waals surface area contributed by atoms with Crippen LogP contribution in [0.4, 0.5) is 17.3 Å². The minimum atomic E-state index is -10.5. The molecule has 0 aliphatic heterocycles. The molecule has 1 aromatic heterocycles. The summed E-state index contributed by atoms with van der Waals surface area (Å²) in [5.41, 5.74) is 0. The molecule has 72 valence electrons. The van der Waals surface area contributed by atoms with Gasteiger partial charge in [-0.3, -0.25) is 0 Å². The topological polar surface area (TPSA) is 38.3 Å². The molecule has 0 aliphatic rings. The van der Waals surface area contributed by atoms with Crippen molar-refractivity contribution in [3.63, 3.8) is 0 Å². The Morgan fingerprint density at radius 2 is 1.92 bits per heavy atom. The number of hydrogen-bond donors (Lipinski definition) is 0. The number of halogens is 5. The fraction of sp³-hybridized carbons (Fsp3) is 0. The van der Waals surface area contributed by atoms with E-state index < -0.39 is 18.9 Å². The molecule has 0 spiro atoms. The molecule has 3 nitrogen and oxygen atoms in total. The van der Waals surface area contributed by atoms with Crippen molar-refractivity contribution in [3.05, 3.63) is 8.29 Å². The van der Waals surface area contributed by atoms with Gasteiger partial charge in [-0.05, 0) is 0 Å². The molecule has 0 unspecified atom stereocenters. The van der Waals surface area contributed by atoms with Gasteiger partial charge in [0.25, 0.3) is 0 Å². The Labute approximate surface area is 71.3 Å². The molecule has 11 heteroatoms. The van der Waals surface area contributed by atoms with Crippen LogP contribution in [-0.4, -0.2) is 17.8 Å². The molecular formula is CAsF5N2OS2. The van der Waals surface area contributed by atoms with Gasteiger partial charge in [0.1, 0.15) is 0 Å². The summed E-state index contributed by atoms with van der Waals surface area (Å²) >= 11 is -10.0. The van der Waals surface area contributed by atoms with Gasteiger partial charge in [0.05, 0.1) is 0 Å². The van der Waals surface area contributed by atoms with Crippen molar-refractivity contribution in [3.8, 4) is 0 Å². The summed E-state index contributed by atoms with van der Waals surface area (Å²) in [5, 5.41) is 0. The van der Waals surface area contributed by atoms with Gasteiger partial charge in [-0.25, -0.2) is 0 Å². The number of nitrogens with zero attached hydrogens (tertiary/aromatic N) is 2. The average Bonchev–Trinajstić information content (AvgIpc) is 2.07. The van der Waals surface area contributed by atoms with Crippen molar-refractivity contribution in [2.75, 3.05) is 0 Å². The number of rotatable bonds is 1. The van der Waals surface area contributed by atoms with Crippen molar-refractivity contribution >= 4 is 37.3 Å². The molecule has 0 amide bonds. The molecule has 1 rings (SSSR count). The van der Waals surface area contributed by atoms with Crippen molar-refractivity contribution < 1.29 is 17.3 Å². The van der Waals surface area contributed by atoms with Crippen LogP contribution < -0.4 is 9.25 Å². The first-order valence-corrected chi connectivity index (χ1v) is 8.02. The van der Waals surface area contributed by atoms with Gasteiger partial charge in [-0.2, -0.15) is 0 Å². The molecule has 0 bridgehead atoms. The summed E-state index contributed by atoms with van der Waals surface area (Å²) < 4.78 is 66.4. The van der Waals surface area contributed by atoms with Crippen LogP contribution >= 0.6 is 23.3 Å². The predicted octanol–water partition coefficient (Wildman–Crippen LogP) is 1.52. The van der Waals surface area contributed by atoms with Crippen LogP contribution in [0.25, 0.3) is 0 Å². The Kier molecular flexibility index (Phi) is 1.70. The molecule has 0 atom stereocenters. The standard InChI is InChI=1S/CAsF5N2OS2/c3-2(4,5,6,7)10-1-8-12-9-11-1. The van der Waals surface area contributed by atoms with Crippen molar-refractivity contribution in [2.24, 2.45) is 0 Å². The Bertz CT molecular complexity index is 331. The summed E-state index contributed by atoms with van der Waals surface area (Å²) in [5.74, 6) is 0. The first-order valence-electron chi connectivity index (χ1n) is 2.21. The van der Waals surface area contributed by atoms with Crippen LogP contribution in [0, 0.1) is 0 Å². The molecule has 0 radical (unpaired) electrons. The zero-order valence-corrected chi connectivity index (χ0v) is 8.47. The van der Waals surface area contributed by atoms with Gasteiger partial charge < -0.3 is 0 Å². The predicted molar refractivity (Wildman–Crippen MR) is 35.3 cm³/mol. The van der Waals surface area contributed by atoms with Gasteiger partial charge in [0.15, 0.2) is 0 Å². The molecule has 0 fully saturated rings. The number of hydrogen-bond acceptors (Lipinski definition) is 2. The Balaban J connectivity index is 3.31. The third-order valence-corrected chi connectivity index (χ3v) is 3.13. The van der Waals surface area contributed by atoms with E-state index in [9.17, 15) is 17.3 Å². The zero-order chi connectivity index (χ0) is 9.52. The van der Waals surface area contributed by atoms with E-state index in [1.807, 2.05) is 0 Å². The zero-order valence-electron chi connectivity index (χ0n) is 4.96. The van der Waals surface area contributed by atoms with E-state index in [4.69, 9.17) is 0 Å². The third-order valence-electron chi connectivity index (χ3n) is 0.515. The molecule has 12 heavy (non-hydrogen) atoms. The van der Waals surface area contributed by atoms with Crippen LogP contribution in [0.15, 0.2) is 3.41 Å². The molecule has 0 saturated heterocycles. The van der Waals surface area contributed by atoms with E-state index >= 15 is 0 Å². The Hall–Kier alpha value is -0.0816. The second kappa shape index (κ2) is 2.04. The maximum atomic E-state index is 11.6. The van der Waals surface area contributed by atoms with Crippen LogP contribution in [0.5, 0.6) is 0 Å². The molecule has 0 aliphatic carbocycles. The van der Waals surface area contributed by atoms with E-state index in [1.54, 1.807) is 0 Å². The molecule has 0 saturated carbocycles. The van der Waals surface area contributed by atoms with E-state index in [0.717, 1.165) is 0 Å². The maximum absolute atomic E-state index is 11.6. The van der Waals surface area contributed by atoms with Crippen molar-refractivity contribution in [2.45, 2.75) is 0 Å². The van der Waals surface area contributed by atoms with E-state index in [2.05, 4.69) is 11.6 Å². The molecule has 1 heterocycles. The summed E-state index contributed by atoms with van der Waals surface area (Å²) in [6.45, 7) is 0. The molecule has 1 aromatic rings. The fourth-order valence-electron chi connectivity index (χ4n) is 0.296. The van der Waals surface area contributed by atoms with Crippen LogP contribution in [-0.2, 0) is 0 Å². The Morgan fingerprint density at radius 3 is 2.25 bits per heavy atom. The quantitative estimate of drug-likeness (QED) is 0.447. The monoisotopic (exact) mass is 290 g/mol. The van der Waals surface area contributed by atoms with E-state index in [-0.39, 0.29) is 11.5 Å². The summed E-state index contributed by atoms with van der Waals surface area (Å²) in [4.78, 5) is -1.17. The van der Waals surface area contributed by atoms with Gasteiger partial charge in [0, 0.05) is 0 Å². The summed E-state index contributed by atoms with van der Waals surface area (Å²) in [7, 11) is 0. The first kappa shape index (κ1) is 10.0. The van der Waals surface area contributed by atoms with Crippen LogP contribution in [0.2, 0.25) is 0 Å². The fourth-order valence-corrected chi connectivity index (χ4v) is 2.96. The Morgan fingerprint density at radius 1 is 1.33 bits per heavy atom. The normalized spacial score (nSPS) is 20.2. The number of aromatic nitrogens is 2. The van der Waals surface area contributed by atoms with Crippen LogP contribution in [0.1, 0.15) is 0 Å². The second-order valence-corrected chi connectivity index (χ2v) is 7.67. The minimum absolute atomic E-state index is 0.126. The van der Waals surface area contributed by atoms with Gasteiger partial charge >= 0.3 is 71.1 Å². The van der Waals surface area contributed by atoms with Gasteiger partial charge in [-0.1, -0.05) is 0 Å². The molecular weight excluding hydrogens is 290 g/mol. The van der Waals surface area contributed by atoms with Crippen LogP contribution in [0.3, 0.4) is 0 Å². The summed E-state index contributed by atoms with van der Waals surface area (Å²) in [6, 6.07) is 0. The summed E-state index contributed by atoms with van der Waals surface area (Å²) in [6.07, 6.45) is 0. The van der Waals surface area contributed by atoms with Gasteiger partial charge in [0.2, 0.25) is 0 Å².